The lowest BCUT2D eigenvalue weighted by atomic mass is 10.1. The van der Waals surface area contributed by atoms with Crippen LogP contribution in [0, 0.1) is 0 Å². The van der Waals surface area contributed by atoms with Crippen LogP contribution in [0.3, 0.4) is 0 Å². The molecule has 1 atom stereocenters. The molecule has 0 bridgehead atoms. The van der Waals surface area contributed by atoms with Crippen LogP contribution in [0.5, 0.6) is 0 Å². The summed E-state index contributed by atoms with van der Waals surface area (Å²) in [4.78, 5) is 23.3. The quantitative estimate of drug-likeness (QED) is 0.814. The van der Waals surface area contributed by atoms with E-state index in [2.05, 4.69) is 15.1 Å². The first-order chi connectivity index (χ1) is 11.6. The van der Waals surface area contributed by atoms with Gasteiger partial charge in [-0.2, -0.15) is 4.98 Å². The maximum Gasteiger partial charge on any atom is 0.229 e. The summed E-state index contributed by atoms with van der Waals surface area (Å²) in [7, 11) is 0. The number of rotatable bonds is 6. The van der Waals surface area contributed by atoms with E-state index in [1.807, 2.05) is 36.9 Å². The van der Waals surface area contributed by atoms with Gasteiger partial charge in [0.2, 0.25) is 11.8 Å². The number of hydrogen-bond acceptors (Lipinski definition) is 5. The van der Waals surface area contributed by atoms with Gasteiger partial charge in [0.05, 0.1) is 6.04 Å². The van der Waals surface area contributed by atoms with Crippen LogP contribution >= 0.6 is 0 Å². The third-order valence-electron chi connectivity index (χ3n) is 4.37. The van der Waals surface area contributed by atoms with Crippen molar-refractivity contribution >= 4 is 5.91 Å². The van der Waals surface area contributed by atoms with Gasteiger partial charge in [-0.25, -0.2) is 0 Å². The van der Waals surface area contributed by atoms with Crippen molar-refractivity contribution in [3.05, 3.63) is 41.8 Å². The fourth-order valence-corrected chi connectivity index (χ4v) is 3.06. The Morgan fingerprint density at radius 2 is 2.29 bits per heavy atom. The molecule has 6 heteroatoms. The molecule has 0 N–H and O–H groups in total. The van der Waals surface area contributed by atoms with E-state index in [-0.39, 0.29) is 17.9 Å². The highest BCUT2D eigenvalue weighted by Crippen LogP contribution is 2.31. The highest BCUT2D eigenvalue weighted by Gasteiger charge is 2.33. The molecule has 3 heterocycles. The van der Waals surface area contributed by atoms with Gasteiger partial charge in [0.1, 0.15) is 0 Å². The van der Waals surface area contributed by atoms with Gasteiger partial charge in [-0.3, -0.25) is 9.78 Å². The second kappa shape index (κ2) is 7.55. The molecule has 1 fully saturated rings. The van der Waals surface area contributed by atoms with E-state index in [1.165, 1.54) is 0 Å². The van der Waals surface area contributed by atoms with Crippen molar-refractivity contribution < 1.29 is 9.32 Å². The third-order valence-corrected chi connectivity index (χ3v) is 4.37. The molecule has 1 saturated heterocycles. The molecule has 1 amide bonds. The number of pyridine rings is 1. The number of likely N-dealkylation sites (tertiary alicyclic amines) is 1. The number of aryl methyl sites for hydroxylation is 1. The molecule has 1 aliphatic heterocycles. The normalized spacial score (nSPS) is 17.6. The predicted molar refractivity (Wildman–Crippen MR) is 89.3 cm³/mol. The summed E-state index contributed by atoms with van der Waals surface area (Å²) in [6.45, 7) is 4.82. The van der Waals surface area contributed by atoms with Crippen LogP contribution in [-0.4, -0.2) is 32.5 Å². The van der Waals surface area contributed by atoms with E-state index in [0.29, 0.717) is 18.1 Å². The molecule has 0 saturated carbocycles. The molecule has 128 valence electrons. The maximum absolute atomic E-state index is 12.6. The Kier molecular flexibility index (Phi) is 5.23. The van der Waals surface area contributed by atoms with Gasteiger partial charge in [-0.05, 0) is 37.8 Å². The molecule has 3 rings (SSSR count). The SMILES string of the molecule is CC(C)c1nc([C@@H]2CCCN2C(=O)CCCc2ccccn2)no1. The van der Waals surface area contributed by atoms with Crippen molar-refractivity contribution in [2.24, 2.45) is 0 Å². The zero-order valence-electron chi connectivity index (χ0n) is 14.3. The Bertz CT molecular complexity index is 669. The van der Waals surface area contributed by atoms with Gasteiger partial charge < -0.3 is 9.42 Å². The van der Waals surface area contributed by atoms with Gasteiger partial charge in [0.25, 0.3) is 0 Å². The lowest BCUT2D eigenvalue weighted by molar-refractivity contribution is -0.132. The van der Waals surface area contributed by atoms with Crippen molar-refractivity contribution in [2.45, 2.75) is 57.9 Å². The molecule has 24 heavy (non-hydrogen) atoms. The standard InChI is InChI=1S/C18H24N4O2/c1-13(2)18-20-17(21-24-18)15-9-6-12-22(15)16(23)10-5-8-14-7-3-4-11-19-14/h3-4,7,11,13,15H,5-6,8-10,12H2,1-2H3/t15-/m0/s1. The fourth-order valence-electron chi connectivity index (χ4n) is 3.06. The fraction of sp³-hybridized carbons (Fsp3) is 0.556. The van der Waals surface area contributed by atoms with Crippen LogP contribution in [0.25, 0.3) is 0 Å². The number of nitrogens with zero attached hydrogens (tertiary/aromatic N) is 4. The van der Waals surface area contributed by atoms with Crippen LogP contribution in [0.15, 0.2) is 28.9 Å². The summed E-state index contributed by atoms with van der Waals surface area (Å²) in [5, 5.41) is 4.09. The minimum atomic E-state index is -0.0383. The zero-order valence-corrected chi connectivity index (χ0v) is 14.3. The topological polar surface area (TPSA) is 72.1 Å². The Balaban J connectivity index is 1.57. The lowest BCUT2D eigenvalue weighted by Gasteiger charge is -2.22. The molecule has 2 aromatic rings. The second-order valence-electron chi connectivity index (χ2n) is 6.57. The van der Waals surface area contributed by atoms with E-state index in [9.17, 15) is 4.79 Å². The van der Waals surface area contributed by atoms with E-state index >= 15 is 0 Å². The highest BCUT2D eigenvalue weighted by molar-refractivity contribution is 5.76. The third kappa shape index (κ3) is 3.80. The van der Waals surface area contributed by atoms with E-state index < -0.39 is 0 Å². The van der Waals surface area contributed by atoms with E-state index in [0.717, 1.165) is 37.9 Å². The lowest BCUT2D eigenvalue weighted by Crippen LogP contribution is -2.31. The molecule has 0 radical (unpaired) electrons. The molecule has 1 aliphatic rings. The summed E-state index contributed by atoms with van der Waals surface area (Å²) in [6, 6.07) is 5.84. The molecular weight excluding hydrogens is 304 g/mol. The van der Waals surface area contributed by atoms with Gasteiger partial charge >= 0.3 is 0 Å². The summed E-state index contributed by atoms with van der Waals surface area (Å²) in [5.74, 6) is 1.66. The minimum absolute atomic E-state index is 0.0383. The minimum Gasteiger partial charge on any atom is -0.339 e. The number of amides is 1. The van der Waals surface area contributed by atoms with Crippen LogP contribution < -0.4 is 0 Å². The van der Waals surface area contributed by atoms with Crippen LogP contribution in [0.1, 0.15) is 68.9 Å². The molecule has 0 aliphatic carbocycles. The average molecular weight is 328 g/mol. The molecule has 0 aromatic carbocycles. The first kappa shape index (κ1) is 16.6. The van der Waals surface area contributed by atoms with Crippen molar-refractivity contribution in [2.75, 3.05) is 6.54 Å². The van der Waals surface area contributed by atoms with Gasteiger partial charge in [-0.15, -0.1) is 0 Å². The Morgan fingerprint density at radius 3 is 3.00 bits per heavy atom. The van der Waals surface area contributed by atoms with Crippen molar-refractivity contribution in [1.82, 2.24) is 20.0 Å². The van der Waals surface area contributed by atoms with Crippen molar-refractivity contribution in [1.29, 1.82) is 0 Å². The highest BCUT2D eigenvalue weighted by atomic mass is 16.5. The summed E-state index contributed by atoms with van der Waals surface area (Å²) >= 11 is 0. The maximum atomic E-state index is 12.6. The number of carbonyl (C=O) groups is 1. The molecule has 2 aromatic heterocycles. The Labute approximate surface area is 142 Å². The number of aromatic nitrogens is 3. The second-order valence-corrected chi connectivity index (χ2v) is 6.57. The monoisotopic (exact) mass is 328 g/mol. The average Bonchev–Trinajstić information content (AvgIpc) is 3.24. The first-order valence-electron chi connectivity index (χ1n) is 8.68. The van der Waals surface area contributed by atoms with Crippen LogP contribution in [0.2, 0.25) is 0 Å². The van der Waals surface area contributed by atoms with Crippen molar-refractivity contribution in [3.63, 3.8) is 0 Å². The number of hydrogen-bond donors (Lipinski definition) is 0. The molecule has 6 nitrogen and oxygen atoms in total. The Hall–Kier alpha value is -2.24. The molecular formula is C18H24N4O2. The van der Waals surface area contributed by atoms with Crippen LogP contribution in [0.4, 0.5) is 0 Å². The van der Waals surface area contributed by atoms with E-state index in [1.54, 1.807) is 6.20 Å². The summed E-state index contributed by atoms with van der Waals surface area (Å²) in [5.41, 5.74) is 1.03. The number of carbonyl (C=O) groups excluding carboxylic acids is 1. The van der Waals surface area contributed by atoms with Crippen molar-refractivity contribution in [3.8, 4) is 0 Å². The molecule has 0 spiro atoms. The van der Waals surface area contributed by atoms with E-state index in [4.69, 9.17) is 4.52 Å². The largest absolute Gasteiger partial charge is 0.339 e. The van der Waals surface area contributed by atoms with Gasteiger partial charge in [0.15, 0.2) is 5.82 Å². The Morgan fingerprint density at radius 1 is 1.42 bits per heavy atom. The summed E-state index contributed by atoms with van der Waals surface area (Å²) in [6.07, 6.45) is 5.84. The van der Waals surface area contributed by atoms with Gasteiger partial charge in [-0.1, -0.05) is 25.1 Å². The van der Waals surface area contributed by atoms with Gasteiger partial charge in [0, 0.05) is 30.8 Å². The summed E-state index contributed by atoms with van der Waals surface area (Å²) < 4.78 is 5.30. The first-order valence-corrected chi connectivity index (χ1v) is 8.68. The van der Waals surface area contributed by atoms with Crippen LogP contribution in [-0.2, 0) is 11.2 Å². The molecule has 0 unspecified atom stereocenters. The zero-order chi connectivity index (χ0) is 16.9. The predicted octanol–water partition coefficient (Wildman–Crippen LogP) is 3.27. The smallest absolute Gasteiger partial charge is 0.229 e.